The van der Waals surface area contributed by atoms with Gasteiger partial charge in [-0.2, -0.15) is 0 Å². The number of aliphatic imine (C=N–C) groups is 1. The summed E-state index contributed by atoms with van der Waals surface area (Å²) in [7, 11) is 5.50. The summed E-state index contributed by atoms with van der Waals surface area (Å²) in [6.07, 6.45) is 2.36. The average molecular weight is 159 g/mol. The van der Waals surface area contributed by atoms with E-state index < -0.39 is 0 Å². The molecule has 0 unspecified atom stereocenters. The van der Waals surface area contributed by atoms with Gasteiger partial charge in [-0.15, -0.1) is 0 Å². The fourth-order valence-corrected chi connectivity index (χ4v) is 1.39. The van der Waals surface area contributed by atoms with Crippen molar-refractivity contribution in [3.63, 3.8) is 0 Å². The number of hydrogen-bond donors (Lipinski definition) is 0. The molecule has 0 aromatic heterocycles. The minimum Gasteiger partial charge on any atom is -0.292 e. The Hall–Kier alpha value is -1.12. The summed E-state index contributed by atoms with van der Waals surface area (Å²) in [5.41, 5.74) is 2.04. The van der Waals surface area contributed by atoms with Crippen LogP contribution in [0, 0.1) is 5.82 Å². The van der Waals surface area contributed by atoms with E-state index in [2.05, 4.69) is 4.99 Å². The van der Waals surface area contributed by atoms with Crippen molar-refractivity contribution in [3.8, 4) is 0 Å². The average Bonchev–Trinajstić information content (AvgIpc) is 2.04. The second-order valence-corrected chi connectivity index (χ2v) is 2.86. The van der Waals surface area contributed by atoms with Gasteiger partial charge in [0, 0.05) is 18.3 Å². The van der Waals surface area contributed by atoms with Crippen molar-refractivity contribution in [2.24, 2.45) is 4.99 Å². The first-order valence-corrected chi connectivity index (χ1v) is 3.85. The molecule has 0 aliphatic carbocycles. The molecule has 1 aliphatic heterocycles. The Bertz CT molecular complexity index is 347. The van der Waals surface area contributed by atoms with Crippen LogP contribution in [0.5, 0.6) is 0 Å². The van der Waals surface area contributed by atoms with Gasteiger partial charge in [0.1, 0.15) is 13.7 Å². The highest BCUT2D eigenvalue weighted by Gasteiger charge is 2.09. The van der Waals surface area contributed by atoms with E-state index in [4.69, 9.17) is 7.85 Å². The SMILES string of the molecule is [B]c1cc(F)c2c(c1)CCN=C2. The molecule has 3 heteroatoms. The Kier molecular flexibility index (Phi) is 1.72. The standard InChI is InChI=1S/C9H7BFN/c10-7-3-6-1-2-12-5-8(6)9(11)4-7/h3-5H,1-2H2. The zero-order valence-corrected chi connectivity index (χ0v) is 6.55. The van der Waals surface area contributed by atoms with Crippen LogP contribution in [0.1, 0.15) is 11.1 Å². The number of fused-ring (bicyclic) bond motifs is 1. The zero-order valence-electron chi connectivity index (χ0n) is 6.55. The molecule has 0 spiro atoms. The lowest BCUT2D eigenvalue weighted by atomic mass is 9.90. The second-order valence-electron chi connectivity index (χ2n) is 2.86. The first kappa shape index (κ1) is 7.53. The van der Waals surface area contributed by atoms with Gasteiger partial charge in [-0.1, -0.05) is 11.5 Å². The van der Waals surface area contributed by atoms with Gasteiger partial charge in [-0.05, 0) is 18.1 Å². The third-order valence-corrected chi connectivity index (χ3v) is 1.97. The normalized spacial score (nSPS) is 14.4. The molecule has 0 saturated heterocycles. The van der Waals surface area contributed by atoms with Crippen molar-refractivity contribution in [1.29, 1.82) is 0 Å². The van der Waals surface area contributed by atoms with Crippen molar-refractivity contribution >= 4 is 19.5 Å². The molecule has 1 nitrogen and oxygen atoms in total. The van der Waals surface area contributed by atoms with E-state index in [-0.39, 0.29) is 5.82 Å². The second kappa shape index (κ2) is 2.74. The van der Waals surface area contributed by atoms with Gasteiger partial charge in [0.05, 0.1) is 0 Å². The minimum absolute atomic E-state index is 0.270. The number of hydrogen-bond acceptors (Lipinski definition) is 1. The number of rotatable bonds is 0. The van der Waals surface area contributed by atoms with E-state index in [1.54, 1.807) is 6.21 Å². The van der Waals surface area contributed by atoms with E-state index in [0.29, 0.717) is 11.0 Å². The summed E-state index contributed by atoms with van der Waals surface area (Å²) in [6, 6.07) is 3.14. The van der Waals surface area contributed by atoms with Crippen LogP contribution in [0.4, 0.5) is 4.39 Å². The van der Waals surface area contributed by atoms with Gasteiger partial charge < -0.3 is 0 Å². The van der Waals surface area contributed by atoms with Crippen LogP contribution in [0.15, 0.2) is 17.1 Å². The molecule has 2 rings (SSSR count). The highest BCUT2D eigenvalue weighted by atomic mass is 19.1. The van der Waals surface area contributed by atoms with Crippen molar-refractivity contribution in [3.05, 3.63) is 29.1 Å². The van der Waals surface area contributed by atoms with E-state index in [9.17, 15) is 4.39 Å². The lowest BCUT2D eigenvalue weighted by Gasteiger charge is -2.11. The van der Waals surface area contributed by atoms with Crippen LogP contribution in [0.2, 0.25) is 0 Å². The Labute approximate surface area is 71.7 Å². The van der Waals surface area contributed by atoms with Crippen molar-refractivity contribution < 1.29 is 4.39 Å². The molecule has 1 aromatic rings. The van der Waals surface area contributed by atoms with E-state index in [1.807, 2.05) is 6.07 Å². The molecule has 0 atom stereocenters. The van der Waals surface area contributed by atoms with Crippen LogP contribution in [-0.4, -0.2) is 20.6 Å². The smallest absolute Gasteiger partial charge is 0.131 e. The minimum atomic E-state index is -0.270. The highest BCUT2D eigenvalue weighted by molar-refractivity contribution is 6.32. The summed E-state index contributed by atoms with van der Waals surface area (Å²) in [5.74, 6) is -0.270. The topological polar surface area (TPSA) is 12.4 Å². The highest BCUT2D eigenvalue weighted by Crippen LogP contribution is 2.13. The molecule has 1 aromatic carbocycles. The van der Waals surface area contributed by atoms with Crippen LogP contribution in [0.3, 0.4) is 0 Å². The number of nitrogens with zero attached hydrogens (tertiary/aromatic N) is 1. The predicted octanol–water partition coefficient (Wildman–Crippen LogP) is 0.595. The van der Waals surface area contributed by atoms with Gasteiger partial charge in [-0.3, -0.25) is 4.99 Å². The Morgan fingerprint density at radius 1 is 1.42 bits per heavy atom. The Balaban J connectivity index is 2.62. The molecule has 0 saturated carbocycles. The third kappa shape index (κ3) is 1.15. The molecule has 1 heterocycles. The van der Waals surface area contributed by atoms with Gasteiger partial charge in [-0.25, -0.2) is 4.39 Å². The molecule has 0 bridgehead atoms. The van der Waals surface area contributed by atoms with Crippen molar-refractivity contribution in [2.75, 3.05) is 6.54 Å². The van der Waals surface area contributed by atoms with E-state index in [1.165, 1.54) is 6.07 Å². The molecule has 2 radical (unpaired) electrons. The van der Waals surface area contributed by atoms with Gasteiger partial charge in [0.2, 0.25) is 0 Å². The van der Waals surface area contributed by atoms with Crippen molar-refractivity contribution in [1.82, 2.24) is 0 Å². The molecule has 0 fully saturated rings. The predicted molar refractivity (Wildman–Crippen MR) is 48.0 cm³/mol. The zero-order chi connectivity index (χ0) is 8.55. The molecular weight excluding hydrogens is 152 g/mol. The lowest BCUT2D eigenvalue weighted by molar-refractivity contribution is 0.623. The fourth-order valence-electron chi connectivity index (χ4n) is 1.39. The summed E-state index contributed by atoms with van der Waals surface area (Å²) in [5, 5.41) is 0. The third-order valence-electron chi connectivity index (χ3n) is 1.97. The molecule has 1 aliphatic rings. The summed E-state index contributed by atoms with van der Waals surface area (Å²) in [6.45, 7) is 0.732. The first-order valence-electron chi connectivity index (χ1n) is 3.85. The Morgan fingerprint density at radius 3 is 3.08 bits per heavy atom. The molecular formula is C9H7BFN. The Morgan fingerprint density at radius 2 is 2.25 bits per heavy atom. The van der Waals surface area contributed by atoms with Crippen LogP contribution in [0.25, 0.3) is 0 Å². The maximum Gasteiger partial charge on any atom is 0.131 e. The number of halogens is 1. The molecule has 0 amide bonds. The van der Waals surface area contributed by atoms with Crippen molar-refractivity contribution in [2.45, 2.75) is 6.42 Å². The van der Waals surface area contributed by atoms with Gasteiger partial charge in [0.25, 0.3) is 0 Å². The largest absolute Gasteiger partial charge is 0.292 e. The molecule has 58 valence electrons. The summed E-state index contributed by atoms with van der Waals surface area (Å²) >= 11 is 0. The van der Waals surface area contributed by atoms with Crippen LogP contribution in [-0.2, 0) is 6.42 Å². The summed E-state index contributed by atoms with van der Waals surface area (Å²) in [4.78, 5) is 4.00. The molecule has 12 heavy (non-hydrogen) atoms. The van der Waals surface area contributed by atoms with E-state index >= 15 is 0 Å². The maximum absolute atomic E-state index is 13.2. The van der Waals surface area contributed by atoms with E-state index in [0.717, 1.165) is 18.5 Å². The number of benzene rings is 1. The first-order chi connectivity index (χ1) is 5.77. The quantitative estimate of drug-likeness (QED) is 0.491. The van der Waals surface area contributed by atoms with Gasteiger partial charge in [0.15, 0.2) is 0 Å². The van der Waals surface area contributed by atoms with Crippen LogP contribution < -0.4 is 5.46 Å². The maximum atomic E-state index is 13.2. The van der Waals surface area contributed by atoms with Crippen LogP contribution >= 0.6 is 0 Å². The monoisotopic (exact) mass is 159 g/mol. The molecule has 0 N–H and O–H groups in total. The van der Waals surface area contributed by atoms with Gasteiger partial charge >= 0.3 is 0 Å². The lowest BCUT2D eigenvalue weighted by Crippen LogP contribution is -2.13. The fraction of sp³-hybridized carbons (Fsp3) is 0.222. The summed E-state index contributed by atoms with van der Waals surface area (Å²) < 4.78 is 13.2.